The number of nitrogens with zero attached hydrogens (tertiary/aromatic N) is 1. The van der Waals surface area contributed by atoms with Crippen LogP contribution in [0.5, 0.6) is 0 Å². The second kappa shape index (κ2) is 8.06. The van der Waals surface area contributed by atoms with E-state index in [9.17, 15) is 4.79 Å². The van der Waals surface area contributed by atoms with Crippen molar-refractivity contribution in [3.05, 3.63) is 80.9 Å². The second-order valence-corrected chi connectivity index (χ2v) is 7.69. The minimum Gasteiger partial charge on any atom is -0.295 e. The molecule has 2 nitrogen and oxygen atoms in total. The van der Waals surface area contributed by atoms with E-state index in [1.165, 1.54) is 22.3 Å². The van der Waals surface area contributed by atoms with Gasteiger partial charge in [-0.15, -0.1) is 0 Å². The summed E-state index contributed by atoms with van der Waals surface area (Å²) in [5.41, 5.74) is 8.94. The van der Waals surface area contributed by atoms with Crippen molar-refractivity contribution >= 4 is 17.9 Å². The van der Waals surface area contributed by atoms with Crippen molar-refractivity contribution in [2.75, 3.05) is 19.6 Å². The van der Waals surface area contributed by atoms with Crippen LogP contribution in [0.25, 0.3) is 12.2 Å². The van der Waals surface area contributed by atoms with Crippen molar-refractivity contribution in [1.29, 1.82) is 0 Å². The van der Waals surface area contributed by atoms with Crippen molar-refractivity contribution in [2.24, 2.45) is 0 Å². The smallest absolute Gasteiger partial charge is 0.187 e. The standard InChI is InChI=1S/C25H29NO/c1-6-26-15-23(13-21-9-7-17(2)11-19(21)4)25(27)24(16-26)14-22-10-8-18(3)12-20(22)5/h7-14H,6,15-16H2,1-5H3. The zero-order chi connectivity index (χ0) is 19.6. The molecule has 1 saturated heterocycles. The molecule has 0 spiro atoms. The molecule has 3 rings (SSSR count). The molecule has 0 aliphatic carbocycles. The van der Waals surface area contributed by atoms with Gasteiger partial charge in [0.05, 0.1) is 0 Å². The highest BCUT2D eigenvalue weighted by molar-refractivity contribution is 6.14. The summed E-state index contributed by atoms with van der Waals surface area (Å²) >= 11 is 0. The first-order valence-corrected chi connectivity index (χ1v) is 9.70. The van der Waals surface area contributed by atoms with Crippen LogP contribution in [-0.4, -0.2) is 30.3 Å². The fraction of sp³-hybridized carbons (Fsp3) is 0.320. The van der Waals surface area contributed by atoms with Gasteiger partial charge >= 0.3 is 0 Å². The van der Waals surface area contributed by atoms with Gasteiger partial charge in [-0.3, -0.25) is 9.69 Å². The molecule has 2 heteroatoms. The van der Waals surface area contributed by atoms with E-state index in [0.29, 0.717) is 13.1 Å². The van der Waals surface area contributed by atoms with Crippen LogP contribution >= 0.6 is 0 Å². The lowest BCUT2D eigenvalue weighted by atomic mass is 9.92. The number of piperidine rings is 1. The van der Waals surface area contributed by atoms with Gasteiger partial charge in [-0.1, -0.05) is 54.4 Å². The van der Waals surface area contributed by atoms with E-state index in [1.54, 1.807) is 0 Å². The Bertz CT molecular complexity index is 860. The largest absolute Gasteiger partial charge is 0.295 e. The molecular formula is C25H29NO. The number of Topliss-reactive ketones (excluding diaryl/α,β-unsaturated/α-hetero) is 1. The molecule has 1 heterocycles. The third-order valence-corrected chi connectivity index (χ3v) is 5.33. The molecule has 1 aliphatic rings. The maximum Gasteiger partial charge on any atom is 0.187 e. The molecule has 0 unspecified atom stereocenters. The van der Waals surface area contributed by atoms with Gasteiger partial charge in [0.1, 0.15) is 0 Å². The van der Waals surface area contributed by atoms with Gasteiger partial charge in [0.2, 0.25) is 0 Å². The van der Waals surface area contributed by atoms with Crippen LogP contribution in [0.1, 0.15) is 40.3 Å². The third-order valence-electron chi connectivity index (χ3n) is 5.33. The Morgan fingerprint density at radius 1 is 0.815 bits per heavy atom. The summed E-state index contributed by atoms with van der Waals surface area (Å²) in [5, 5.41) is 0. The zero-order valence-electron chi connectivity index (χ0n) is 17.1. The van der Waals surface area contributed by atoms with Crippen LogP contribution in [0, 0.1) is 27.7 Å². The molecular weight excluding hydrogens is 330 g/mol. The van der Waals surface area contributed by atoms with Gasteiger partial charge < -0.3 is 0 Å². The summed E-state index contributed by atoms with van der Waals surface area (Å²) in [6.07, 6.45) is 4.16. The Hall–Kier alpha value is -2.45. The van der Waals surface area contributed by atoms with E-state index in [-0.39, 0.29) is 5.78 Å². The number of hydrogen-bond donors (Lipinski definition) is 0. The highest BCUT2D eigenvalue weighted by atomic mass is 16.1. The molecule has 0 atom stereocenters. The van der Waals surface area contributed by atoms with Gasteiger partial charge in [0, 0.05) is 24.2 Å². The number of likely N-dealkylation sites (tertiary alicyclic amines) is 1. The molecule has 2 aromatic rings. The van der Waals surface area contributed by atoms with Gasteiger partial charge in [0.15, 0.2) is 5.78 Å². The summed E-state index contributed by atoms with van der Waals surface area (Å²) in [4.78, 5) is 15.5. The Kier molecular flexibility index (Phi) is 5.76. The molecule has 27 heavy (non-hydrogen) atoms. The molecule has 140 valence electrons. The normalized spacial score (nSPS) is 18.5. The molecule has 0 bridgehead atoms. The van der Waals surface area contributed by atoms with E-state index >= 15 is 0 Å². The fourth-order valence-corrected chi connectivity index (χ4v) is 3.68. The van der Waals surface area contributed by atoms with Crippen molar-refractivity contribution in [3.63, 3.8) is 0 Å². The number of hydrogen-bond acceptors (Lipinski definition) is 2. The fourth-order valence-electron chi connectivity index (χ4n) is 3.68. The minimum atomic E-state index is 0.180. The highest BCUT2D eigenvalue weighted by Gasteiger charge is 2.25. The molecule has 0 radical (unpaired) electrons. The molecule has 0 saturated carbocycles. The lowest BCUT2D eigenvalue weighted by Crippen LogP contribution is -2.37. The predicted molar refractivity (Wildman–Crippen MR) is 115 cm³/mol. The number of carbonyl (C=O) groups is 1. The molecule has 0 aromatic heterocycles. The maximum atomic E-state index is 13.2. The van der Waals surface area contributed by atoms with E-state index in [2.05, 4.69) is 88.1 Å². The van der Waals surface area contributed by atoms with Crippen LogP contribution in [0.2, 0.25) is 0 Å². The zero-order valence-corrected chi connectivity index (χ0v) is 17.1. The quantitative estimate of drug-likeness (QED) is 0.694. The van der Waals surface area contributed by atoms with Gasteiger partial charge in [-0.25, -0.2) is 0 Å². The molecule has 1 fully saturated rings. The van der Waals surface area contributed by atoms with Gasteiger partial charge in [-0.2, -0.15) is 0 Å². The van der Waals surface area contributed by atoms with E-state index in [1.807, 2.05) is 0 Å². The van der Waals surface area contributed by atoms with E-state index < -0.39 is 0 Å². The van der Waals surface area contributed by atoms with Crippen LogP contribution in [0.3, 0.4) is 0 Å². The minimum absolute atomic E-state index is 0.180. The van der Waals surface area contributed by atoms with Crippen LogP contribution in [0.4, 0.5) is 0 Å². The van der Waals surface area contributed by atoms with Gasteiger partial charge in [-0.05, 0) is 68.6 Å². The van der Waals surface area contributed by atoms with E-state index in [0.717, 1.165) is 28.8 Å². The lowest BCUT2D eigenvalue weighted by Gasteiger charge is -2.29. The number of carbonyl (C=O) groups excluding carboxylic acids is 1. The van der Waals surface area contributed by atoms with Crippen LogP contribution < -0.4 is 0 Å². The van der Waals surface area contributed by atoms with Crippen molar-refractivity contribution in [3.8, 4) is 0 Å². The molecule has 1 aliphatic heterocycles. The number of ketones is 1. The number of rotatable bonds is 3. The second-order valence-electron chi connectivity index (χ2n) is 7.69. The van der Waals surface area contributed by atoms with Crippen molar-refractivity contribution < 1.29 is 4.79 Å². The molecule has 2 aromatic carbocycles. The average Bonchev–Trinajstić information content (AvgIpc) is 2.62. The molecule has 0 amide bonds. The van der Waals surface area contributed by atoms with Crippen LogP contribution in [-0.2, 0) is 4.79 Å². The Labute approximate surface area is 163 Å². The SMILES string of the molecule is CCN1CC(=Cc2ccc(C)cc2C)C(=O)C(=Cc2ccc(C)cc2C)C1. The van der Waals surface area contributed by atoms with Crippen molar-refractivity contribution in [1.82, 2.24) is 4.90 Å². The first kappa shape index (κ1) is 19.3. The Morgan fingerprint density at radius 2 is 1.26 bits per heavy atom. The first-order chi connectivity index (χ1) is 12.9. The number of aryl methyl sites for hydroxylation is 4. The number of benzene rings is 2. The average molecular weight is 360 g/mol. The summed E-state index contributed by atoms with van der Waals surface area (Å²) < 4.78 is 0. The Balaban J connectivity index is 2.00. The van der Waals surface area contributed by atoms with E-state index in [4.69, 9.17) is 0 Å². The first-order valence-electron chi connectivity index (χ1n) is 9.70. The van der Waals surface area contributed by atoms with Crippen LogP contribution in [0.15, 0.2) is 47.5 Å². The van der Waals surface area contributed by atoms with Gasteiger partial charge in [0.25, 0.3) is 0 Å². The summed E-state index contributed by atoms with van der Waals surface area (Å²) in [6.45, 7) is 12.9. The summed E-state index contributed by atoms with van der Waals surface area (Å²) in [6, 6.07) is 12.8. The summed E-state index contributed by atoms with van der Waals surface area (Å²) in [7, 11) is 0. The maximum absolute atomic E-state index is 13.2. The number of likely N-dealkylation sites (N-methyl/N-ethyl adjacent to an activating group) is 1. The highest BCUT2D eigenvalue weighted by Crippen LogP contribution is 2.24. The summed E-state index contributed by atoms with van der Waals surface area (Å²) in [5.74, 6) is 0.180. The topological polar surface area (TPSA) is 20.3 Å². The monoisotopic (exact) mass is 359 g/mol. The predicted octanol–water partition coefficient (Wildman–Crippen LogP) is 5.29. The third kappa shape index (κ3) is 4.45. The Morgan fingerprint density at radius 3 is 1.63 bits per heavy atom. The molecule has 0 N–H and O–H groups in total. The van der Waals surface area contributed by atoms with Crippen molar-refractivity contribution in [2.45, 2.75) is 34.6 Å². The lowest BCUT2D eigenvalue weighted by molar-refractivity contribution is -0.113.